The predicted octanol–water partition coefficient (Wildman–Crippen LogP) is 1.80. The van der Waals surface area contributed by atoms with Crippen molar-refractivity contribution in [3.05, 3.63) is 23.3 Å². The highest BCUT2D eigenvalue weighted by atomic mass is 32.2. The second-order valence-corrected chi connectivity index (χ2v) is 7.47. The van der Waals surface area contributed by atoms with E-state index in [2.05, 4.69) is 0 Å². The Kier molecular flexibility index (Phi) is 3.06. The first-order chi connectivity index (χ1) is 9.63. The maximum Gasteiger partial charge on any atom is 0.255 e. The molecule has 0 radical (unpaired) electrons. The zero-order valence-corrected chi connectivity index (χ0v) is 12.3. The molecule has 1 saturated carbocycles. The minimum absolute atomic E-state index is 0.0290. The molecule has 1 heterocycles. The van der Waals surface area contributed by atoms with Crippen molar-refractivity contribution in [2.24, 2.45) is 0 Å². The van der Waals surface area contributed by atoms with Gasteiger partial charge in [-0.05, 0) is 24.6 Å². The van der Waals surface area contributed by atoms with Gasteiger partial charge in [-0.2, -0.15) is 4.31 Å². The van der Waals surface area contributed by atoms with E-state index in [9.17, 15) is 22.3 Å². The van der Waals surface area contributed by atoms with Crippen molar-refractivity contribution in [1.82, 2.24) is 4.31 Å². The topological polar surface area (TPSA) is 66.8 Å². The number of ether oxygens (including phenoxy) is 1. The van der Waals surface area contributed by atoms with Gasteiger partial charge >= 0.3 is 0 Å². The summed E-state index contributed by atoms with van der Waals surface area (Å²) in [6.07, 6.45) is -2.55. The molecule has 1 unspecified atom stereocenters. The highest BCUT2D eigenvalue weighted by Gasteiger charge is 2.47. The average Bonchev–Trinajstić information content (AvgIpc) is 2.52. The second kappa shape index (κ2) is 4.37. The molecule has 0 saturated heterocycles. The molecule has 0 aromatic heterocycles. The quantitative estimate of drug-likeness (QED) is 0.902. The Balaban J connectivity index is 1.94. The molecule has 3 rings (SSSR count). The van der Waals surface area contributed by atoms with Crippen LogP contribution in [0.3, 0.4) is 0 Å². The van der Waals surface area contributed by atoms with Crippen LogP contribution < -0.4 is 4.74 Å². The van der Waals surface area contributed by atoms with Crippen molar-refractivity contribution in [3.8, 4) is 5.75 Å². The third-order valence-electron chi connectivity index (χ3n) is 4.03. The van der Waals surface area contributed by atoms with Crippen molar-refractivity contribution in [2.45, 2.75) is 42.9 Å². The smallest absolute Gasteiger partial charge is 0.255 e. The Morgan fingerprint density at radius 2 is 2.00 bits per heavy atom. The number of sulfonamides is 1. The Morgan fingerprint density at radius 1 is 1.38 bits per heavy atom. The van der Waals surface area contributed by atoms with Crippen molar-refractivity contribution in [2.75, 3.05) is 7.05 Å². The van der Waals surface area contributed by atoms with Crippen LogP contribution in [0.4, 0.5) is 8.78 Å². The van der Waals surface area contributed by atoms with Gasteiger partial charge in [0.2, 0.25) is 10.0 Å². The van der Waals surface area contributed by atoms with E-state index in [0.717, 1.165) is 4.31 Å². The number of fused-ring (bicyclic) bond motifs is 1. The third-order valence-corrected chi connectivity index (χ3v) is 5.90. The number of aliphatic hydroxyl groups excluding tert-OH is 1. The highest BCUT2D eigenvalue weighted by molar-refractivity contribution is 7.89. The van der Waals surface area contributed by atoms with Gasteiger partial charge in [0.25, 0.3) is 5.92 Å². The molecule has 5 nitrogen and oxygen atoms in total. The fourth-order valence-electron chi connectivity index (χ4n) is 2.69. The molecular formula is C13H15F2NO4S. The maximum absolute atomic E-state index is 12.8. The van der Waals surface area contributed by atoms with Crippen molar-refractivity contribution < 1.29 is 27.0 Å². The Labute approximate surface area is 121 Å². The zero-order valence-electron chi connectivity index (χ0n) is 11.5. The lowest BCUT2D eigenvalue weighted by Gasteiger charge is -2.35. The lowest BCUT2D eigenvalue weighted by atomic mass is 9.91. The molecule has 1 aromatic carbocycles. The van der Waals surface area contributed by atoms with Crippen LogP contribution in [0, 0.1) is 6.92 Å². The number of hydrogen-bond donors (Lipinski definition) is 1. The van der Waals surface area contributed by atoms with Crippen LogP contribution in [-0.2, 0) is 10.0 Å². The average molecular weight is 319 g/mol. The van der Waals surface area contributed by atoms with Gasteiger partial charge < -0.3 is 9.84 Å². The Hall–Kier alpha value is -1.25. The number of benzene rings is 1. The van der Waals surface area contributed by atoms with Crippen molar-refractivity contribution in [1.29, 1.82) is 0 Å². The van der Waals surface area contributed by atoms with Gasteiger partial charge in [-0.3, -0.25) is 0 Å². The highest BCUT2D eigenvalue weighted by Crippen LogP contribution is 2.44. The molecule has 0 amide bonds. The molecule has 1 aliphatic heterocycles. The number of aliphatic hydroxyl groups is 1. The third kappa shape index (κ3) is 2.13. The number of alkyl halides is 2. The fourth-order valence-corrected chi connectivity index (χ4v) is 4.15. The number of nitrogens with zero attached hydrogens (tertiary/aromatic N) is 1. The molecule has 1 atom stereocenters. The lowest BCUT2D eigenvalue weighted by molar-refractivity contribution is -0.134. The van der Waals surface area contributed by atoms with Crippen molar-refractivity contribution >= 4 is 10.0 Å². The molecule has 8 heteroatoms. The number of hydrogen-bond acceptors (Lipinski definition) is 4. The maximum atomic E-state index is 12.8. The summed E-state index contributed by atoms with van der Waals surface area (Å²) in [5.74, 6) is -2.35. The summed E-state index contributed by atoms with van der Waals surface area (Å²) < 4.78 is 56.1. The first-order valence-corrected chi connectivity index (χ1v) is 7.91. The van der Waals surface area contributed by atoms with Crippen LogP contribution in [0.25, 0.3) is 0 Å². The molecular weight excluding hydrogens is 304 g/mol. The molecule has 0 bridgehead atoms. The van der Waals surface area contributed by atoms with Gasteiger partial charge in [0.05, 0.1) is 4.90 Å². The predicted molar refractivity (Wildman–Crippen MR) is 69.7 cm³/mol. The van der Waals surface area contributed by atoms with Crippen molar-refractivity contribution in [3.63, 3.8) is 0 Å². The van der Waals surface area contributed by atoms with E-state index in [-0.39, 0.29) is 23.3 Å². The van der Waals surface area contributed by atoms with E-state index >= 15 is 0 Å². The first kappa shape index (κ1) is 14.7. The van der Waals surface area contributed by atoms with Gasteiger partial charge in [0.1, 0.15) is 18.1 Å². The van der Waals surface area contributed by atoms with Crippen LogP contribution in [0.5, 0.6) is 5.75 Å². The van der Waals surface area contributed by atoms with E-state index in [1.54, 1.807) is 6.92 Å². The summed E-state index contributed by atoms with van der Waals surface area (Å²) in [7, 11) is -2.42. The van der Waals surface area contributed by atoms with Crippen LogP contribution in [0.2, 0.25) is 0 Å². The van der Waals surface area contributed by atoms with Gasteiger partial charge in [0.15, 0.2) is 0 Å². The Morgan fingerprint density at radius 3 is 2.57 bits per heavy atom. The molecule has 21 heavy (non-hydrogen) atoms. The second-order valence-electron chi connectivity index (χ2n) is 5.50. The van der Waals surface area contributed by atoms with Crippen LogP contribution in [0.15, 0.2) is 17.0 Å². The molecule has 0 spiro atoms. The monoisotopic (exact) mass is 319 g/mol. The summed E-state index contributed by atoms with van der Waals surface area (Å²) in [6.45, 7) is 1.61. The van der Waals surface area contributed by atoms with Crippen LogP contribution >= 0.6 is 0 Å². The normalized spacial score (nSPS) is 27.2. The van der Waals surface area contributed by atoms with E-state index in [1.807, 2.05) is 0 Å². The molecule has 116 valence electrons. The van der Waals surface area contributed by atoms with Crippen LogP contribution in [-0.4, -0.2) is 36.9 Å². The summed E-state index contributed by atoms with van der Waals surface area (Å²) in [5.41, 5.74) is 0.712. The number of rotatable bonds is 2. The molecule has 1 N–H and O–H groups in total. The molecule has 1 aromatic rings. The van der Waals surface area contributed by atoms with Gasteiger partial charge in [-0.15, -0.1) is 0 Å². The SMILES string of the molecule is Cc1c(OC2CC(F)(F)C2)ccc2c1C(O)N(C)S2(=O)=O. The van der Waals surface area contributed by atoms with E-state index in [0.29, 0.717) is 11.3 Å². The van der Waals surface area contributed by atoms with Gasteiger partial charge in [-0.25, -0.2) is 17.2 Å². The van der Waals surface area contributed by atoms with E-state index in [4.69, 9.17) is 4.74 Å². The fraction of sp³-hybridized carbons (Fsp3) is 0.538. The summed E-state index contributed by atoms with van der Waals surface area (Å²) in [6, 6.07) is 2.80. The minimum atomic E-state index is -3.70. The number of halogens is 2. The molecule has 2 aliphatic rings. The van der Waals surface area contributed by atoms with Gasteiger partial charge in [0, 0.05) is 25.5 Å². The summed E-state index contributed by atoms with van der Waals surface area (Å²) in [4.78, 5) is 0.0290. The molecule has 1 fully saturated rings. The largest absolute Gasteiger partial charge is 0.490 e. The van der Waals surface area contributed by atoms with E-state index < -0.39 is 28.3 Å². The van der Waals surface area contributed by atoms with Gasteiger partial charge in [-0.1, -0.05) is 0 Å². The lowest BCUT2D eigenvalue weighted by Crippen LogP contribution is -2.43. The minimum Gasteiger partial charge on any atom is -0.490 e. The molecule has 1 aliphatic carbocycles. The van der Waals surface area contributed by atoms with Crippen LogP contribution in [0.1, 0.15) is 30.2 Å². The Bertz CT molecular complexity index is 696. The summed E-state index contributed by atoms with van der Waals surface area (Å²) in [5, 5.41) is 10.1. The standard InChI is InChI=1S/C13H15F2NO4S/c1-7-9(20-8-5-13(14,15)6-8)3-4-10-11(7)12(17)16(2)21(10,18)19/h3-4,8,12,17H,5-6H2,1-2H3. The van der Waals surface area contributed by atoms with E-state index in [1.165, 1.54) is 19.2 Å². The summed E-state index contributed by atoms with van der Waals surface area (Å²) >= 11 is 0. The zero-order chi connectivity index (χ0) is 15.6. The first-order valence-electron chi connectivity index (χ1n) is 6.47.